The van der Waals surface area contributed by atoms with Gasteiger partial charge in [0.1, 0.15) is 0 Å². The van der Waals surface area contributed by atoms with E-state index in [2.05, 4.69) is 20.5 Å². The number of H-pyrrole nitrogens is 1. The minimum atomic E-state index is -0.862. The maximum atomic E-state index is 13.1. The molecule has 1 aromatic carbocycles. The van der Waals surface area contributed by atoms with Crippen molar-refractivity contribution in [3.8, 4) is 0 Å². The number of hydrogen-bond acceptors (Lipinski definition) is 6. The van der Waals surface area contributed by atoms with E-state index >= 15 is 0 Å². The highest BCUT2D eigenvalue weighted by Crippen LogP contribution is 2.29. The molecule has 2 unspecified atom stereocenters. The van der Waals surface area contributed by atoms with Crippen molar-refractivity contribution >= 4 is 23.8 Å². The van der Waals surface area contributed by atoms with Crippen LogP contribution in [0.1, 0.15) is 67.0 Å². The van der Waals surface area contributed by atoms with Crippen LogP contribution in [0.4, 0.5) is 0 Å². The smallest absolute Gasteiger partial charge is 0.384 e. The van der Waals surface area contributed by atoms with Crippen molar-refractivity contribution in [1.29, 1.82) is 0 Å². The van der Waals surface area contributed by atoms with Crippen LogP contribution in [0, 0.1) is 17.8 Å². The van der Waals surface area contributed by atoms with Crippen molar-refractivity contribution in [3.63, 3.8) is 0 Å². The summed E-state index contributed by atoms with van der Waals surface area (Å²) in [5.41, 5.74) is 0.489. The molecule has 1 aliphatic carbocycles. The van der Waals surface area contributed by atoms with E-state index in [1.807, 2.05) is 19.9 Å². The predicted octanol–water partition coefficient (Wildman–Crippen LogP) is 2.79. The van der Waals surface area contributed by atoms with Gasteiger partial charge < -0.3 is 9.73 Å². The number of Topliss-reactive ketones (excluding diaryl/α,β-unsaturated/α-hetero) is 1. The summed E-state index contributed by atoms with van der Waals surface area (Å²) >= 11 is 0. The van der Waals surface area contributed by atoms with E-state index in [0.29, 0.717) is 18.4 Å². The Morgan fingerprint density at radius 2 is 1.94 bits per heavy atom. The zero-order valence-electron chi connectivity index (χ0n) is 18.2. The van der Waals surface area contributed by atoms with Gasteiger partial charge in [-0.05, 0) is 37.3 Å². The summed E-state index contributed by atoms with van der Waals surface area (Å²) in [7, 11) is 0. The number of nitrogens with one attached hydrogen (secondary N) is 2. The zero-order valence-corrected chi connectivity index (χ0v) is 18.2. The molecule has 1 heterocycles. The van der Waals surface area contributed by atoms with E-state index in [9.17, 15) is 19.2 Å². The van der Waals surface area contributed by atoms with Gasteiger partial charge in [-0.15, -0.1) is 5.10 Å². The van der Waals surface area contributed by atoms with Crippen LogP contribution in [0.5, 0.6) is 0 Å². The molecule has 0 aliphatic heterocycles. The number of carbonyl (C=O) groups is 3. The molecule has 1 fully saturated rings. The summed E-state index contributed by atoms with van der Waals surface area (Å²) in [6.45, 7) is 3.86. The number of aromatic nitrogens is 2. The molecule has 9 nitrogen and oxygen atoms in total. The second-order valence-electron chi connectivity index (χ2n) is 8.48. The summed E-state index contributed by atoms with van der Waals surface area (Å²) < 4.78 is 4.78. The fourth-order valence-electron chi connectivity index (χ4n) is 3.95. The molecule has 3 atom stereocenters. The van der Waals surface area contributed by atoms with E-state index in [1.165, 1.54) is 0 Å². The maximum absolute atomic E-state index is 13.1. The number of amides is 2. The Bertz CT molecular complexity index is 1020. The number of nitrogens with zero attached hydrogens (tertiary/aromatic N) is 2. The number of benzene rings is 1. The van der Waals surface area contributed by atoms with Gasteiger partial charge in [-0.2, -0.15) is 0 Å². The standard InChI is InChI=1S/C23H28N4O5/c1-14(2)12-18(19(28)22-26-27-23(31)32-22)25-21(30)17-11-7-6-10-16(17)13-24-20(29)15-8-4-3-5-9-15/h3-5,8-9,13-14,16-18H,6-7,10-12H2,1-2H3,(H,25,30)(H,27,31)/t16?,17-,18?/m0/s1. The van der Waals surface area contributed by atoms with Gasteiger partial charge in [0.25, 0.3) is 11.8 Å². The van der Waals surface area contributed by atoms with Gasteiger partial charge in [0.15, 0.2) is 0 Å². The third kappa shape index (κ3) is 6.09. The molecular formula is C23H28N4O5. The Morgan fingerprint density at radius 1 is 1.22 bits per heavy atom. The Balaban J connectivity index is 1.72. The molecule has 2 aromatic rings. The molecule has 1 saturated carbocycles. The zero-order chi connectivity index (χ0) is 23.1. The van der Waals surface area contributed by atoms with Gasteiger partial charge in [-0.25, -0.2) is 14.9 Å². The van der Waals surface area contributed by atoms with Crippen LogP contribution in [0.15, 0.2) is 44.5 Å². The van der Waals surface area contributed by atoms with Crippen LogP contribution in [0.2, 0.25) is 0 Å². The average Bonchev–Trinajstić information content (AvgIpc) is 3.23. The minimum Gasteiger partial charge on any atom is -0.384 e. The average molecular weight is 441 g/mol. The lowest BCUT2D eigenvalue weighted by atomic mass is 9.79. The quantitative estimate of drug-likeness (QED) is 0.479. The molecule has 0 bridgehead atoms. The van der Waals surface area contributed by atoms with E-state index in [-0.39, 0.29) is 29.5 Å². The Labute approximate surface area is 185 Å². The number of carbonyl (C=O) groups excluding carboxylic acids is 3. The van der Waals surface area contributed by atoms with Gasteiger partial charge in [0, 0.05) is 23.6 Å². The number of hydrogen-bond donors (Lipinski definition) is 2. The van der Waals surface area contributed by atoms with E-state index in [4.69, 9.17) is 4.42 Å². The van der Waals surface area contributed by atoms with E-state index in [1.54, 1.807) is 30.5 Å². The fourth-order valence-corrected chi connectivity index (χ4v) is 3.95. The van der Waals surface area contributed by atoms with Crippen LogP contribution in [0.3, 0.4) is 0 Å². The highest BCUT2D eigenvalue weighted by Gasteiger charge is 2.34. The van der Waals surface area contributed by atoms with Crippen molar-refractivity contribution in [2.24, 2.45) is 22.7 Å². The molecular weight excluding hydrogens is 412 g/mol. The third-order valence-corrected chi connectivity index (χ3v) is 5.55. The topological polar surface area (TPSA) is 134 Å². The van der Waals surface area contributed by atoms with Crippen LogP contribution in [0.25, 0.3) is 0 Å². The van der Waals surface area contributed by atoms with Gasteiger partial charge in [0.2, 0.25) is 11.7 Å². The summed E-state index contributed by atoms with van der Waals surface area (Å²) in [5, 5.41) is 8.48. The molecule has 2 N–H and O–H groups in total. The first-order valence-corrected chi connectivity index (χ1v) is 10.9. The highest BCUT2D eigenvalue weighted by atomic mass is 16.4. The lowest BCUT2D eigenvalue weighted by Gasteiger charge is -2.29. The second-order valence-corrected chi connectivity index (χ2v) is 8.48. The lowest BCUT2D eigenvalue weighted by Crippen LogP contribution is -2.46. The molecule has 0 saturated heterocycles. The van der Waals surface area contributed by atoms with Gasteiger partial charge in [-0.1, -0.05) is 44.9 Å². The molecule has 170 valence electrons. The normalized spacial score (nSPS) is 19.7. The summed E-state index contributed by atoms with van der Waals surface area (Å²) in [5.74, 6) is -2.83. The lowest BCUT2D eigenvalue weighted by molar-refractivity contribution is -0.127. The first-order valence-electron chi connectivity index (χ1n) is 10.9. The first kappa shape index (κ1) is 23.3. The predicted molar refractivity (Wildman–Crippen MR) is 118 cm³/mol. The summed E-state index contributed by atoms with van der Waals surface area (Å²) in [6.07, 6.45) is 5.14. The molecule has 2 amide bonds. The Kier molecular flexibility index (Phi) is 7.86. The highest BCUT2D eigenvalue weighted by molar-refractivity contribution is 6.00. The minimum absolute atomic E-state index is 0.113. The number of ketones is 1. The van der Waals surface area contributed by atoms with Crippen molar-refractivity contribution in [2.75, 3.05) is 0 Å². The Morgan fingerprint density at radius 3 is 2.59 bits per heavy atom. The van der Waals surface area contributed by atoms with Crippen LogP contribution < -0.4 is 11.1 Å². The number of rotatable bonds is 8. The maximum Gasteiger partial charge on any atom is 0.434 e. The van der Waals surface area contributed by atoms with Gasteiger partial charge in [0.05, 0.1) is 6.04 Å². The van der Waals surface area contributed by atoms with Crippen molar-refractivity contribution in [1.82, 2.24) is 15.5 Å². The Hall–Kier alpha value is -3.36. The fraction of sp³-hybridized carbons (Fsp3) is 0.478. The molecule has 1 aliphatic rings. The first-order chi connectivity index (χ1) is 15.3. The van der Waals surface area contributed by atoms with E-state index < -0.39 is 23.5 Å². The summed E-state index contributed by atoms with van der Waals surface area (Å²) in [4.78, 5) is 53.5. The third-order valence-electron chi connectivity index (χ3n) is 5.55. The van der Waals surface area contributed by atoms with Crippen LogP contribution in [-0.2, 0) is 4.79 Å². The monoisotopic (exact) mass is 440 g/mol. The summed E-state index contributed by atoms with van der Waals surface area (Å²) in [6, 6.07) is 7.89. The SMILES string of the molecule is CC(C)CC(NC(=O)[C@H]1CCCCC1C=NC(=O)c1ccccc1)C(=O)c1n[nH]c(=O)o1. The molecule has 3 rings (SSSR count). The molecule has 0 radical (unpaired) electrons. The van der Waals surface area contributed by atoms with Crippen molar-refractivity contribution in [2.45, 2.75) is 52.0 Å². The van der Waals surface area contributed by atoms with Crippen molar-refractivity contribution < 1.29 is 18.8 Å². The van der Waals surface area contributed by atoms with Gasteiger partial charge >= 0.3 is 5.76 Å². The van der Waals surface area contributed by atoms with Crippen molar-refractivity contribution in [3.05, 3.63) is 52.3 Å². The van der Waals surface area contributed by atoms with E-state index in [0.717, 1.165) is 19.3 Å². The second kappa shape index (κ2) is 10.8. The molecule has 1 aromatic heterocycles. The molecule has 32 heavy (non-hydrogen) atoms. The van der Waals surface area contributed by atoms with Crippen LogP contribution in [-0.4, -0.2) is 40.1 Å². The number of aromatic amines is 1. The molecule has 0 spiro atoms. The molecule has 9 heteroatoms. The van der Waals surface area contributed by atoms with Gasteiger partial charge in [-0.3, -0.25) is 14.4 Å². The van der Waals surface area contributed by atoms with Crippen LogP contribution >= 0.6 is 0 Å². The largest absolute Gasteiger partial charge is 0.434 e. The number of aliphatic imine (C=N–C) groups is 1.